The maximum absolute atomic E-state index is 15.0. The standard InChI is InChI=1S/C40H71N7O11/c1-44-39(43)47-25(9-12-48)30-21(5-3-20-4-6-28(41)46-17-20)14-23-32(34(30)51)35(52)31-24(33(23)50)15-22(56-2)16-26(31)57-38-36(53)37(54)40(55,27(18-49)58-38)10-7-19-8-11-45-29(42)13-19/h19-32,34,36-38,45-46,48-49,51,53-55H,3-18,41-42H2,1-2H3,(H3,43,44,47). The van der Waals surface area contributed by atoms with E-state index in [0.717, 1.165) is 38.8 Å². The molecule has 18 nitrogen and oxygen atoms in total. The van der Waals surface area contributed by atoms with Gasteiger partial charge in [-0.2, -0.15) is 0 Å². The van der Waals surface area contributed by atoms with Crippen LogP contribution >= 0.6 is 0 Å². The topological polar surface area (TPSA) is 310 Å². The largest absolute Gasteiger partial charge is 0.396 e. The molecule has 15 N–H and O–H groups in total. The number of aliphatic hydroxyl groups excluding tert-OH is 5. The van der Waals surface area contributed by atoms with Crippen LogP contribution in [0, 0.1) is 47.3 Å². The predicted octanol–water partition coefficient (Wildman–Crippen LogP) is -2.62. The van der Waals surface area contributed by atoms with Crippen molar-refractivity contribution < 1.29 is 54.4 Å². The molecule has 3 aliphatic heterocycles. The first-order chi connectivity index (χ1) is 27.7. The fraction of sp³-hybridized carbons (Fsp3) is 0.925. The first-order valence-electron chi connectivity index (χ1n) is 21.6. The van der Waals surface area contributed by atoms with E-state index in [1.165, 1.54) is 14.2 Å². The van der Waals surface area contributed by atoms with Gasteiger partial charge in [0.25, 0.3) is 0 Å². The normalized spacial score (nSPS) is 45.6. The zero-order valence-corrected chi connectivity index (χ0v) is 34.1. The van der Waals surface area contributed by atoms with Crippen LogP contribution in [0.4, 0.5) is 0 Å². The summed E-state index contributed by atoms with van der Waals surface area (Å²) in [5, 5.41) is 77.2. The fourth-order valence-electron chi connectivity index (χ4n) is 11.5. The molecule has 0 bridgehead atoms. The van der Waals surface area contributed by atoms with Crippen molar-refractivity contribution in [2.24, 2.45) is 69.5 Å². The molecule has 0 amide bonds. The van der Waals surface area contributed by atoms with Crippen molar-refractivity contribution >= 4 is 17.5 Å². The van der Waals surface area contributed by atoms with E-state index in [9.17, 15) is 40.2 Å². The third-order valence-corrected chi connectivity index (χ3v) is 14.8. The van der Waals surface area contributed by atoms with Crippen molar-refractivity contribution in [2.75, 3.05) is 40.5 Å². The summed E-state index contributed by atoms with van der Waals surface area (Å²) < 4.78 is 18.2. The lowest BCUT2D eigenvalue weighted by atomic mass is 9.52. The number of carbonyl (C=O) groups excluding carboxylic acids is 2. The van der Waals surface area contributed by atoms with Gasteiger partial charge in [-0.3, -0.25) is 14.6 Å². The number of fused-ring (bicyclic) bond motifs is 2. The van der Waals surface area contributed by atoms with Gasteiger partial charge in [0.2, 0.25) is 0 Å². The number of aliphatic hydroxyl groups is 6. The Morgan fingerprint density at radius 2 is 1.71 bits per heavy atom. The van der Waals surface area contributed by atoms with Gasteiger partial charge in [0.15, 0.2) is 12.2 Å². The minimum atomic E-state index is -2.00. The zero-order valence-electron chi connectivity index (χ0n) is 34.1. The summed E-state index contributed by atoms with van der Waals surface area (Å²) in [6.07, 6.45) is -3.09. The summed E-state index contributed by atoms with van der Waals surface area (Å²) in [5.74, 6) is -4.23. The second kappa shape index (κ2) is 19.9. The molecule has 19 unspecified atom stereocenters. The van der Waals surface area contributed by atoms with Crippen molar-refractivity contribution in [3.63, 3.8) is 0 Å². The van der Waals surface area contributed by atoms with E-state index in [1.807, 2.05) is 0 Å². The minimum Gasteiger partial charge on any atom is -0.396 e. The molecule has 19 atom stereocenters. The smallest absolute Gasteiger partial charge is 0.188 e. The summed E-state index contributed by atoms with van der Waals surface area (Å²) in [4.78, 5) is 33.7. The molecule has 6 fully saturated rings. The number of nitrogens with one attached hydrogen (secondary N) is 3. The molecule has 0 spiro atoms. The molecule has 3 saturated heterocycles. The van der Waals surface area contributed by atoms with Gasteiger partial charge in [-0.25, -0.2) is 0 Å². The molecule has 0 radical (unpaired) electrons. The summed E-state index contributed by atoms with van der Waals surface area (Å²) in [5.41, 5.74) is 16.3. The Labute approximate surface area is 341 Å². The monoisotopic (exact) mass is 826 g/mol. The predicted molar refractivity (Wildman–Crippen MR) is 211 cm³/mol. The lowest BCUT2D eigenvalue weighted by molar-refractivity contribution is -0.346. The highest BCUT2D eigenvalue weighted by molar-refractivity contribution is 6.00. The van der Waals surface area contributed by atoms with Crippen LogP contribution < -0.4 is 33.2 Å². The zero-order chi connectivity index (χ0) is 41.9. The number of piperidine rings is 2. The minimum absolute atomic E-state index is 0.0319. The number of ether oxygens (including phenoxy) is 3. The number of carbonyl (C=O) groups is 2. The maximum atomic E-state index is 15.0. The SMILES string of the molecule is CN=C(N)NC(CCO)C1C(CCC2CCC(N)NC2)CC2C(=O)C3CC(OC)CC(OC4OC(CO)C(O)(CCC5CCNC(N)C5)C(O)C4O)C3C(=O)C2C1O. The van der Waals surface area contributed by atoms with Crippen LogP contribution in [-0.4, -0.2) is 156 Å². The molecule has 3 heterocycles. The first-order valence-corrected chi connectivity index (χ1v) is 21.6. The van der Waals surface area contributed by atoms with E-state index in [-0.39, 0.29) is 74.0 Å². The Morgan fingerprint density at radius 1 is 0.948 bits per heavy atom. The molecule has 58 heavy (non-hydrogen) atoms. The van der Waals surface area contributed by atoms with Crippen molar-refractivity contribution in [1.29, 1.82) is 0 Å². The van der Waals surface area contributed by atoms with E-state index in [0.29, 0.717) is 31.6 Å². The fourth-order valence-corrected chi connectivity index (χ4v) is 11.5. The third-order valence-electron chi connectivity index (χ3n) is 14.8. The van der Waals surface area contributed by atoms with Gasteiger partial charge >= 0.3 is 0 Å². The summed E-state index contributed by atoms with van der Waals surface area (Å²) in [6, 6.07) is -0.544. The Morgan fingerprint density at radius 3 is 2.36 bits per heavy atom. The number of hydrogen-bond donors (Lipinski definition) is 12. The van der Waals surface area contributed by atoms with Crippen molar-refractivity contribution in [3.8, 4) is 0 Å². The Kier molecular flexibility index (Phi) is 15.6. The number of rotatable bonds is 14. The van der Waals surface area contributed by atoms with Crippen LogP contribution in [0.3, 0.4) is 0 Å². The van der Waals surface area contributed by atoms with Gasteiger partial charge < -0.3 is 78.0 Å². The number of Topliss-reactive ketones (excluding diaryl/α,β-unsaturated/α-hetero) is 2. The summed E-state index contributed by atoms with van der Waals surface area (Å²) >= 11 is 0. The Hall–Kier alpha value is -1.91. The van der Waals surface area contributed by atoms with E-state index in [1.54, 1.807) is 0 Å². The highest BCUT2D eigenvalue weighted by atomic mass is 16.7. The van der Waals surface area contributed by atoms with Gasteiger partial charge in [-0.15, -0.1) is 0 Å². The molecular weight excluding hydrogens is 754 g/mol. The van der Waals surface area contributed by atoms with E-state index >= 15 is 0 Å². The van der Waals surface area contributed by atoms with Gasteiger partial charge in [0.1, 0.15) is 35.5 Å². The first kappa shape index (κ1) is 45.6. The van der Waals surface area contributed by atoms with Crippen LogP contribution in [0.15, 0.2) is 4.99 Å². The molecule has 332 valence electrons. The van der Waals surface area contributed by atoms with E-state index in [2.05, 4.69) is 20.9 Å². The lowest BCUT2D eigenvalue weighted by Gasteiger charge is -2.54. The summed E-state index contributed by atoms with van der Waals surface area (Å²) in [6.45, 7) is 0.598. The molecule has 0 aromatic carbocycles. The quantitative estimate of drug-likeness (QED) is 0.0630. The number of nitrogens with zero attached hydrogens (tertiary/aromatic N) is 1. The number of nitrogens with two attached hydrogens (primary N) is 3. The molecule has 6 aliphatic rings. The molecule has 0 aromatic heterocycles. The molecular formula is C40H71N7O11. The second-order valence-electron chi connectivity index (χ2n) is 18.1. The van der Waals surface area contributed by atoms with Gasteiger partial charge in [0, 0.05) is 51.0 Å². The van der Waals surface area contributed by atoms with Crippen LogP contribution in [-0.2, 0) is 23.8 Å². The highest BCUT2D eigenvalue weighted by Gasteiger charge is 2.62. The molecule has 0 aromatic rings. The van der Waals surface area contributed by atoms with Crippen molar-refractivity contribution in [2.45, 2.75) is 144 Å². The van der Waals surface area contributed by atoms with Gasteiger partial charge in [-0.05, 0) is 101 Å². The van der Waals surface area contributed by atoms with Crippen LogP contribution in [0.2, 0.25) is 0 Å². The number of ketones is 2. The molecule has 18 heteroatoms. The van der Waals surface area contributed by atoms with Crippen LogP contribution in [0.25, 0.3) is 0 Å². The molecule has 3 aliphatic carbocycles. The number of methoxy groups -OCH3 is 1. The lowest BCUT2D eigenvalue weighted by Crippen LogP contribution is -2.68. The Bertz CT molecular complexity index is 1400. The number of guanidine groups is 1. The van der Waals surface area contributed by atoms with Crippen molar-refractivity contribution in [3.05, 3.63) is 0 Å². The van der Waals surface area contributed by atoms with Crippen LogP contribution in [0.1, 0.15) is 77.0 Å². The maximum Gasteiger partial charge on any atom is 0.188 e. The van der Waals surface area contributed by atoms with Gasteiger partial charge in [0.05, 0.1) is 49.1 Å². The average molecular weight is 826 g/mol. The van der Waals surface area contributed by atoms with E-state index < -0.39 is 90.8 Å². The average Bonchev–Trinajstić information content (AvgIpc) is 3.21. The van der Waals surface area contributed by atoms with E-state index in [4.69, 9.17) is 31.4 Å². The van der Waals surface area contributed by atoms with Crippen LogP contribution in [0.5, 0.6) is 0 Å². The van der Waals surface area contributed by atoms with Gasteiger partial charge in [-0.1, -0.05) is 0 Å². The third kappa shape index (κ3) is 9.59. The number of hydrogen-bond acceptors (Lipinski definition) is 16. The molecule has 6 rings (SSSR count). The summed E-state index contributed by atoms with van der Waals surface area (Å²) in [7, 11) is 3.05. The molecule has 3 saturated carbocycles. The second-order valence-corrected chi connectivity index (χ2v) is 18.1. The number of aliphatic imine (C=N–C) groups is 1. The van der Waals surface area contributed by atoms with Crippen molar-refractivity contribution in [1.82, 2.24) is 16.0 Å². The Balaban J connectivity index is 1.24. The highest BCUT2D eigenvalue weighted by Crippen LogP contribution is 2.52.